The van der Waals surface area contributed by atoms with E-state index in [-0.39, 0.29) is 6.04 Å². The lowest BCUT2D eigenvalue weighted by Gasteiger charge is -2.18. The largest absolute Gasteiger partial charge is 0.345 e. The zero-order chi connectivity index (χ0) is 15.4. The van der Waals surface area contributed by atoms with Gasteiger partial charge in [-0.1, -0.05) is 36.7 Å². The van der Waals surface area contributed by atoms with Gasteiger partial charge in [0.15, 0.2) is 0 Å². The number of carbonyl (C=O) groups excluding carboxylic acids is 1. The maximum atomic E-state index is 13.6. The van der Waals surface area contributed by atoms with Crippen LogP contribution < -0.4 is 5.32 Å². The Bertz CT molecular complexity index is 623. The van der Waals surface area contributed by atoms with Crippen molar-refractivity contribution in [3.8, 4) is 0 Å². The SMILES string of the molecule is CCC(NC(=O)c1c(F)cccc1F)c1ccc(Cl)cc1. The molecule has 0 aromatic heterocycles. The summed E-state index contributed by atoms with van der Waals surface area (Å²) in [5, 5.41) is 3.22. The molecule has 0 saturated carbocycles. The number of amides is 1. The Morgan fingerprint density at radius 1 is 1.14 bits per heavy atom. The highest BCUT2D eigenvalue weighted by Gasteiger charge is 2.20. The molecule has 1 atom stereocenters. The van der Waals surface area contributed by atoms with Gasteiger partial charge in [0.05, 0.1) is 6.04 Å². The molecule has 21 heavy (non-hydrogen) atoms. The fourth-order valence-electron chi connectivity index (χ4n) is 2.06. The zero-order valence-electron chi connectivity index (χ0n) is 11.4. The fraction of sp³-hybridized carbons (Fsp3) is 0.188. The van der Waals surface area contributed by atoms with Gasteiger partial charge >= 0.3 is 0 Å². The summed E-state index contributed by atoms with van der Waals surface area (Å²) in [6.45, 7) is 1.87. The predicted octanol–water partition coefficient (Wildman–Crippen LogP) is 4.50. The first-order valence-corrected chi connectivity index (χ1v) is 6.91. The van der Waals surface area contributed by atoms with Crippen molar-refractivity contribution in [2.24, 2.45) is 0 Å². The van der Waals surface area contributed by atoms with Crippen LogP contribution in [0.2, 0.25) is 5.02 Å². The van der Waals surface area contributed by atoms with Gasteiger partial charge < -0.3 is 5.32 Å². The molecule has 2 aromatic carbocycles. The molecule has 0 bridgehead atoms. The molecule has 0 radical (unpaired) electrons. The van der Waals surface area contributed by atoms with Gasteiger partial charge in [-0.15, -0.1) is 0 Å². The Labute approximate surface area is 126 Å². The van der Waals surface area contributed by atoms with Crippen LogP contribution in [0.3, 0.4) is 0 Å². The van der Waals surface area contributed by atoms with Crippen LogP contribution in [0.4, 0.5) is 8.78 Å². The number of benzene rings is 2. The van der Waals surface area contributed by atoms with Gasteiger partial charge in [0.25, 0.3) is 5.91 Å². The molecule has 0 spiro atoms. The Kier molecular flexibility index (Phi) is 4.91. The zero-order valence-corrected chi connectivity index (χ0v) is 12.1. The van der Waals surface area contributed by atoms with Crippen molar-refractivity contribution < 1.29 is 13.6 Å². The van der Waals surface area contributed by atoms with Crippen LogP contribution in [-0.4, -0.2) is 5.91 Å². The molecule has 0 aliphatic rings. The normalized spacial score (nSPS) is 12.0. The van der Waals surface area contributed by atoms with Crippen molar-refractivity contribution in [3.63, 3.8) is 0 Å². The van der Waals surface area contributed by atoms with Crippen molar-refractivity contribution in [3.05, 3.63) is 70.2 Å². The first-order chi connectivity index (χ1) is 10.0. The van der Waals surface area contributed by atoms with Crippen LogP contribution in [0, 0.1) is 11.6 Å². The van der Waals surface area contributed by atoms with Crippen LogP contribution in [-0.2, 0) is 0 Å². The number of nitrogens with one attached hydrogen (secondary N) is 1. The van der Waals surface area contributed by atoms with E-state index in [1.807, 2.05) is 6.92 Å². The third-order valence-corrected chi connectivity index (χ3v) is 3.43. The first-order valence-electron chi connectivity index (χ1n) is 6.53. The van der Waals surface area contributed by atoms with Crippen LogP contribution in [0.15, 0.2) is 42.5 Å². The van der Waals surface area contributed by atoms with E-state index in [0.717, 1.165) is 17.7 Å². The highest BCUT2D eigenvalue weighted by atomic mass is 35.5. The van der Waals surface area contributed by atoms with Gasteiger partial charge in [0, 0.05) is 5.02 Å². The van der Waals surface area contributed by atoms with E-state index in [4.69, 9.17) is 11.6 Å². The second-order valence-electron chi connectivity index (χ2n) is 4.58. The minimum atomic E-state index is -0.876. The lowest BCUT2D eigenvalue weighted by atomic mass is 10.0. The standard InChI is InChI=1S/C16H14ClF2NO/c1-2-14(10-6-8-11(17)9-7-10)20-16(21)15-12(18)4-3-5-13(15)19/h3-9,14H,2H2,1H3,(H,20,21). The van der Waals surface area contributed by atoms with Gasteiger partial charge in [-0.2, -0.15) is 0 Å². The lowest BCUT2D eigenvalue weighted by Crippen LogP contribution is -2.29. The molecule has 110 valence electrons. The summed E-state index contributed by atoms with van der Waals surface area (Å²) < 4.78 is 27.2. The third kappa shape index (κ3) is 3.58. The van der Waals surface area contributed by atoms with Gasteiger partial charge in [0.2, 0.25) is 0 Å². The quantitative estimate of drug-likeness (QED) is 0.885. The van der Waals surface area contributed by atoms with Crippen molar-refractivity contribution in [1.29, 1.82) is 0 Å². The van der Waals surface area contributed by atoms with E-state index < -0.39 is 23.1 Å². The third-order valence-electron chi connectivity index (χ3n) is 3.18. The number of carbonyl (C=O) groups is 1. The Balaban J connectivity index is 2.22. The van der Waals surface area contributed by atoms with Crippen molar-refractivity contribution >= 4 is 17.5 Å². The van der Waals surface area contributed by atoms with Crippen LogP contribution >= 0.6 is 11.6 Å². The molecule has 1 N–H and O–H groups in total. The molecule has 2 nitrogen and oxygen atoms in total. The summed E-state index contributed by atoms with van der Waals surface area (Å²) >= 11 is 5.82. The highest BCUT2D eigenvalue weighted by molar-refractivity contribution is 6.30. The van der Waals surface area contributed by atoms with Gasteiger partial charge in [-0.05, 0) is 36.2 Å². The minimum Gasteiger partial charge on any atom is -0.345 e. The molecular formula is C16H14ClF2NO. The summed E-state index contributed by atoms with van der Waals surface area (Å²) in [5.74, 6) is -2.52. The Morgan fingerprint density at radius 3 is 2.24 bits per heavy atom. The Morgan fingerprint density at radius 2 is 1.71 bits per heavy atom. The minimum absolute atomic E-state index is 0.339. The van der Waals surface area contributed by atoms with E-state index in [1.165, 1.54) is 6.07 Å². The van der Waals surface area contributed by atoms with E-state index in [9.17, 15) is 13.6 Å². The average molecular weight is 310 g/mol. The van der Waals surface area contributed by atoms with Crippen LogP contribution in [0.25, 0.3) is 0 Å². The van der Waals surface area contributed by atoms with E-state index in [1.54, 1.807) is 24.3 Å². The average Bonchev–Trinajstić information content (AvgIpc) is 2.45. The topological polar surface area (TPSA) is 29.1 Å². The van der Waals surface area contributed by atoms with Gasteiger partial charge in [-0.25, -0.2) is 8.78 Å². The molecule has 1 unspecified atom stereocenters. The summed E-state index contributed by atoms with van der Waals surface area (Å²) in [5.41, 5.74) is 0.261. The summed E-state index contributed by atoms with van der Waals surface area (Å²) in [6.07, 6.45) is 0.587. The van der Waals surface area contributed by atoms with Crippen molar-refractivity contribution in [2.75, 3.05) is 0 Å². The van der Waals surface area contributed by atoms with Gasteiger partial charge in [0.1, 0.15) is 17.2 Å². The highest BCUT2D eigenvalue weighted by Crippen LogP contribution is 2.21. The Hall–Kier alpha value is -1.94. The molecule has 2 rings (SSSR count). The maximum Gasteiger partial charge on any atom is 0.257 e. The molecular weight excluding hydrogens is 296 g/mol. The number of hydrogen-bond acceptors (Lipinski definition) is 1. The van der Waals surface area contributed by atoms with Crippen LogP contribution in [0.5, 0.6) is 0 Å². The summed E-state index contributed by atoms with van der Waals surface area (Å²) in [4.78, 5) is 12.1. The van der Waals surface area contributed by atoms with Gasteiger partial charge in [-0.3, -0.25) is 4.79 Å². The second kappa shape index (κ2) is 6.68. The molecule has 5 heteroatoms. The fourth-order valence-corrected chi connectivity index (χ4v) is 2.19. The number of hydrogen-bond donors (Lipinski definition) is 1. The molecule has 0 fully saturated rings. The van der Waals surface area contributed by atoms with Crippen molar-refractivity contribution in [1.82, 2.24) is 5.32 Å². The van der Waals surface area contributed by atoms with E-state index in [0.29, 0.717) is 11.4 Å². The molecule has 2 aromatic rings. The van der Waals surface area contributed by atoms with Crippen LogP contribution in [0.1, 0.15) is 35.3 Å². The van der Waals surface area contributed by atoms with Crippen molar-refractivity contribution in [2.45, 2.75) is 19.4 Å². The molecule has 0 aliphatic carbocycles. The lowest BCUT2D eigenvalue weighted by molar-refractivity contribution is 0.0927. The van der Waals surface area contributed by atoms with E-state index >= 15 is 0 Å². The molecule has 1 amide bonds. The monoisotopic (exact) mass is 309 g/mol. The maximum absolute atomic E-state index is 13.6. The smallest absolute Gasteiger partial charge is 0.257 e. The number of rotatable bonds is 4. The summed E-state index contributed by atoms with van der Waals surface area (Å²) in [7, 11) is 0. The second-order valence-corrected chi connectivity index (χ2v) is 5.02. The molecule has 0 saturated heterocycles. The van der Waals surface area contributed by atoms with E-state index in [2.05, 4.69) is 5.32 Å². The molecule has 0 heterocycles. The number of halogens is 3. The predicted molar refractivity (Wildman–Crippen MR) is 78.3 cm³/mol. The molecule has 0 aliphatic heterocycles. The first kappa shape index (κ1) is 15.4. The summed E-state index contributed by atoms with van der Waals surface area (Å²) in [6, 6.07) is 9.95.